The second-order valence-corrected chi connectivity index (χ2v) is 5.09. The highest BCUT2D eigenvalue weighted by atomic mass is 16.5. The van der Waals surface area contributed by atoms with E-state index < -0.39 is 0 Å². The molecule has 1 aromatic rings. The Balaban J connectivity index is 1.91. The molecule has 3 heteroatoms. The molecule has 2 atom stereocenters. The fourth-order valence-electron chi connectivity index (χ4n) is 2.28. The van der Waals surface area contributed by atoms with Crippen LogP contribution < -0.4 is 10.5 Å². The summed E-state index contributed by atoms with van der Waals surface area (Å²) in [5.41, 5.74) is 7.04. The summed E-state index contributed by atoms with van der Waals surface area (Å²) in [7, 11) is 0. The average molecular weight is 249 g/mol. The summed E-state index contributed by atoms with van der Waals surface area (Å²) in [6.07, 6.45) is 4.63. The summed E-state index contributed by atoms with van der Waals surface area (Å²) in [5, 5.41) is 0. The molecule has 1 saturated heterocycles. The minimum atomic E-state index is 0.153. The second-order valence-electron chi connectivity index (χ2n) is 5.09. The van der Waals surface area contributed by atoms with Crippen LogP contribution in [0.4, 0.5) is 0 Å². The maximum absolute atomic E-state index is 5.90. The normalized spacial score (nSPS) is 21.6. The van der Waals surface area contributed by atoms with Crippen molar-refractivity contribution in [3.05, 3.63) is 29.8 Å². The van der Waals surface area contributed by atoms with Crippen LogP contribution in [-0.4, -0.2) is 25.4 Å². The molecule has 1 aliphatic rings. The van der Waals surface area contributed by atoms with Crippen molar-refractivity contribution in [3.63, 3.8) is 0 Å². The van der Waals surface area contributed by atoms with Crippen molar-refractivity contribution in [2.24, 2.45) is 5.73 Å². The van der Waals surface area contributed by atoms with Gasteiger partial charge in [0.15, 0.2) is 0 Å². The molecule has 1 heterocycles. The number of nitrogens with two attached hydrogens (primary N) is 1. The van der Waals surface area contributed by atoms with Crippen LogP contribution in [0.5, 0.6) is 5.75 Å². The van der Waals surface area contributed by atoms with Gasteiger partial charge in [0.1, 0.15) is 12.4 Å². The Kier molecular flexibility index (Phi) is 5.02. The molecule has 2 unspecified atom stereocenters. The number of para-hydroxylation sites is 1. The van der Waals surface area contributed by atoms with E-state index in [0.717, 1.165) is 25.2 Å². The van der Waals surface area contributed by atoms with Gasteiger partial charge in [0.05, 0.1) is 6.10 Å². The van der Waals surface area contributed by atoms with Gasteiger partial charge in [-0.3, -0.25) is 0 Å². The van der Waals surface area contributed by atoms with Gasteiger partial charge in [-0.25, -0.2) is 0 Å². The zero-order valence-electron chi connectivity index (χ0n) is 11.1. The molecule has 3 nitrogen and oxygen atoms in total. The van der Waals surface area contributed by atoms with Crippen LogP contribution in [0.15, 0.2) is 24.3 Å². The van der Waals surface area contributed by atoms with Gasteiger partial charge in [0.2, 0.25) is 0 Å². The van der Waals surface area contributed by atoms with Gasteiger partial charge in [-0.2, -0.15) is 0 Å². The van der Waals surface area contributed by atoms with E-state index in [4.69, 9.17) is 15.2 Å². The first-order valence-electron chi connectivity index (χ1n) is 6.83. The predicted molar refractivity (Wildman–Crippen MR) is 72.9 cm³/mol. The highest BCUT2D eigenvalue weighted by Gasteiger charge is 2.15. The molecule has 100 valence electrons. The monoisotopic (exact) mass is 249 g/mol. The van der Waals surface area contributed by atoms with Crippen molar-refractivity contribution >= 4 is 0 Å². The summed E-state index contributed by atoms with van der Waals surface area (Å²) >= 11 is 0. The van der Waals surface area contributed by atoms with Crippen molar-refractivity contribution in [3.8, 4) is 5.75 Å². The Morgan fingerprint density at radius 1 is 1.39 bits per heavy atom. The minimum Gasteiger partial charge on any atom is -0.491 e. The van der Waals surface area contributed by atoms with E-state index in [9.17, 15) is 0 Å². The summed E-state index contributed by atoms with van der Waals surface area (Å²) in [4.78, 5) is 0. The molecule has 1 aliphatic heterocycles. The zero-order valence-corrected chi connectivity index (χ0v) is 11.1. The number of hydrogen-bond donors (Lipinski definition) is 1. The van der Waals surface area contributed by atoms with Gasteiger partial charge in [-0.15, -0.1) is 0 Å². The van der Waals surface area contributed by atoms with Crippen LogP contribution in [0.25, 0.3) is 0 Å². The third kappa shape index (κ3) is 4.00. The van der Waals surface area contributed by atoms with Crippen LogP contribution >= 0.6 is 0 Å². The molecule has 2 rings (SSSR count). The first-order chi connectivity index (χ1) is 8.75. The highest BCUT2D eigenvalue weighted by molar-refractivity contribution is 5.33. The summed E-state index contributed by atoms with van der Waals surface area (Å²) in [6.45, 7) is 3.53. The molecule has 0 aromatic heterocycles. The third-order valence-electron chi connectivity index (χ3n) is 3.21. The smallest absolute Gasteiger partial charge is 0.122 e. The molecular weight excluding hydrogens is 226 g/mol. The van der Waals surface area contributed by atoms with E-state index >= 15 is 0 Å². The molecule has 1 aromatic carbocycles. The Morgan fingerprint density at radius 2 is 2.22 bits per heavy atom. The van der Waals surface area contributed by atoms with Gasteiger partial charge in [0.25, 0.3) is 0 Å². The zero-order chi connectivity index (χ0) is 12.8. The van der Waals surface area contributed by atoms with E-state index in [2.05, 4.69) is 6.07 Å². The van der Waals surface area contributed by atoms with Crippen LogP contribution in [0.2, 0.25) is 0 Å². The molecule has 0 saturated carbocycles. The minimum absolute atomic E-state index is 0.153. The first kappa shape index (κ1) is 13.4. The van der Waals surface area contributed by atoms with Crippen molar-refractivity contribution in [2.75, 3.05) is 13.2 Å². The largest absolute Gasteiger partial charge is 0.491 e. The average Bonchev–Trinajstić information content (AvgIpc) is 2.38. The molecular formula is C15H23NO2. The Labute approximate surface area is 109 Å². The molecule has 0 amide bonds. The molecule has 0 radical (unpaired) electrons. The summed E-state index contributed by atoms with van der Waals surface area (Å²) < 4.78 is 11.6. The standard InChI is InChI=1S/C15H23NO2/c1-12(16)10-13-6-2-3-8-15(13)18-11-14-7-4-5-9-17-14/h2-3,6,8,12,14H,4-5,7,9-11,16H2,1H3. The maximum atomic E-state index is 5.90. The van der Waals surface area contributed by atoms with E-state index in [0.29, 0.717) is 6.61 Å². The fourth-order valence-corrected chi connectivity index (χ4v) is 2.28. The van der Waals surface area contributed by atoms with E-state index in [-0.39, 0.29) is 12.1 Å². The lowest BCUT2D eigenvalue weighted by molar-refractivity contribution is -0.0112. The van der Waals surface area contributed by atoms with Crippen molar-refractivity contribution in [2.45, 2.75) is 44.8 Å². The summed E-state index contributed by atoms with van der Waals surface area (Å²) in [5.74, 6) is 0.948. The second kappa shape index (κ2) is 6.76. The summed E-state index contributed by atoms with van der Waals surface area (Å²) in [6, 6.07) is 8.28. The van der Waals surface area contributed by atoms with E-state index in [1.54, 1.807) is 0 Å². The van der Waals surface area contributed by atoms with Gasteiger partial charge < -0.3 is 15.2 Å². The van der Waals surface area contributed by atoms with E-state index in [1.165, 1.54) is 18.4 Å². The van der Waals surface area contributed by atoms with Crippen molar-refractivity contribution < 1.29 is 9.47 Å². The van der Waals surface area contributed by atoms with Crippen LogP contribution in [0, 0.1) is 0 Å². The molecule has 1 fully saturated rings. The lowest BCUT2D eigenvalue weighted by Gasteiger charge is -2.23. The van der Waals surface area contributed by atoms with Crippen LogP contribution in [0.3, 0.4) is 0 Å². The van der Waals surface area contributed by atoms with Gasteiger partial charge in [0, 0.05) is 12.6 Å². The fraction of sp³-hybridized carbons (Fsp3) is 0.600. The SMILES string of the molecule is CC(N)Cc1ccccc1OCC1CCCCO1. The molecule has 0 bridgehead atoms. The number of benzene rings is 1. The first-order valence-corrected chi connectivity index (χ1v) is 6.83. The molecule has 0 spiro atoms. The number of rotatable bonds is 5. The lowest BCUT2D eigenvalue weighted by Crippen LogP contribution is -2.26. The van der Waals surface area contributed by atoms with E-state index in [1.807, 2.05) is 25.1 Å². The lowest BCUT2D eigenvalue weighted by atomic mass is 10.1. The molecule has 2 N–H and O–H groups in total. The van der Waals surface area contributed by atoms with Crippen molar-refractivity contribution in [1.29, 1.82) is 0 Å². The van der Waals surface area contributed by atoms with Crippen LogP contribution in [0.1, 0.15) is 31.7 Å². The number of ether oxygens (including phenoxy) is 2. The molecule has 0 aliphatic carbocycles. The van der Waals surface area contributed by atoms with Crippen LogP contribution in [-0.2, 0) is 11.2 Å². The highest BCUT2D eigenvalue weighted by Crippen LogP contribution is 2.21. The van der Waals surface area contributed by atoms with Gasteiger partial charge >= 0.3 is 0 Å². The Hall–Kier alpha value is -1.06. The maximum Gasteiger partial charge on any atom is 0.122 e. The van der Waals surface area contributed by atoms with Gasteiger partial charge in [-0.05, 0) is 44.2 Å². The van der Waals surface area contributed by atoms with Gasteiger partial charge in [-0.1, -0.05) is 18.2 Å². The molecule has 18 heavy (non-hydrogen) atoms. The third-order valence-corrected chi connectivity index (χ3v) is 3.21. The quantitative estimate of drug-likeness (QED) is 0.872. The topological polar surface area (TPSA) is 44.5 Å². The predicted octanol–water partition coefficient (Wildman–Crippen LogP) is 2.52. The number of hydrogen-bond acceptors (Lipinski definition) is 3. The Morgan fingerprint density at radius 3 is 2.94 bits per heavy atom. The van der Waals surface area contributed by atoms with Crippen molar-refractivity contribution in [1.82, 2.24) is 0 Å². The Bertz CT molecular complexity index is 359.